The molecular weight excluding hydrogens is 1960 g/mol. The van der Waals surface area contributed by atoms with E-state index in [0.29, 0.717) is 132 Å². The Morgan fingerprint density at radius 3 is 0.707 bits per heavy atom. The van der Waals surface area contributed by atoms with Gasteiger partial charge in [-0.25, -0.2) is 33.1 Å². The maximum Gasteiger partial charge on any atom is 2.00 e. The normalized spacial score (nSPS) is 12.2. The van der Waals surface area contributed by atoms with Crippen LogP contribution in [-0.2, 0) is 135 Å². The first-order valence-electron chi connectivity index (χ1n) is 39.8. The predicted molar refractivity (Wildman–Crippen MR) is 450 cm³/mol. The van der Waals surface area contributed by atoms with Gasteiger partial charge in [-0.3, -0.25) is 38.4 Å². The number of benzene rings is 1. The fraction of sp³-hybridized carbons (Fsp3) is 0.413. The largest absolute Gasteiger partial charge is 2.00 e. The van der Waals surface area contributed by atoms with E-state index in [-0.39, 0.29) is 191 Å². The zero-order chi connectivity index (χ0) is 86.4. The molecule has 0 spiro atoms. The molecule has 0 fully saturated rings. The molecule has 0 unspecified atom stereocenters. The van der Waals surface area contributed by atoms with Crippen LogP contribution in [-0.4, -0.2) is 112 Å². The van der Waals surface area contributed by atoms with Gasteiger partial charge in [-0.1, -0.05) is 108 Å². The Morgan fingerprint density at radius 2 is 0.488 bits per heavy atom. The summed E-state index contributed by atoms with van der Waals surface area (Å²) in [5, 5.41) is 9.61. The molecule has 10 heterocycles. The summed E-state index contributed by atoms with van der Waals surface area (Å²) in [4.78, 5) is 140. The Balaban J connectivity index is 0.000000374. The smallest absolute Gasteiger partial charge is 0.657 e. The van der Waals surface area contributed by atoms with E-state index < -0.39 is 65.1 Å². The molecule has 1 N–H and O–H groups in total. The van der Waals surface area contributed by atoms with E-state index in [0.717, 1.165) is 72.4 Å². The Kier molecular flexibility index (Phi) is 37.4. The molecule has 7 aromatic rings. The number of carbonyl (C=O) groups is 8. The zero-order valence-electron chi connectivity index (χ0n) is 69.8. The van der Waals surface area contributed by atoms with Crippen LogP contribution in [0.2, 0.25) is 0 Å². The third kappa shape index (κ3) is 24.0. The summed E-state index contributed by atoms with van der Waals surface area (Å²) < 4.78 is 107. The number of carboxylic acid groups (broad SMARTS) is 1. The first-order valence-corrected chi connectivity index (χ1v) is 39.8. The summed E-state index contributed by atoms with van der Waals surface area (Å²) in [5.74, 6) is -17.5. The summed E-state index contributed by atoms with van der Waals surface area (Å²) in [7, 11) is 0. The number of aliphatic carboxylic acids is 1. The summed E-state index contributed by atoms with van der Waals surface area (Å²) in [5.41, 5.74) is 21.3. The summed E-state index contributed by atoms with van der Waals surface area (Å²) in [6.07, 6.45) is 2.13. The van der Waals surface area contributed by atoms with Crippen molar-refractivity contribution in [3.8, 4) is 5.75 Å². The average molecular weight is 2060 g/mol. The minimum Gasteiger partial charge on any atom is -0.657 e. The fourth-order valence-corrected chi connectivity index (χ4v) is 14.7. The molecule has 4 aliphatic heterocycles. The summed E-state index contributed by atoms with van der Waals surface area (Å²) in [6, 6.07) is 14.6. The van der Waals surface area contributed by atoms with Crippen molar-refractivity contribution in [2.75, 3.05) is 39.6 Å². The number of carboxylic acids is 1. The molecule has 4 aliphatic rings. The van der Waals surface area contributed by atoms with Crippen molar-refractivity contribution in [3.63, 3.8) is 0 Å². The quantitative estimate of drug-likeness (QED) is 0.0105. The van der Waals surface area contributed by atoms with Crippen molar-refractivity contribution in [2.24, 2.45) is 0 Å². The van der Waals surface area contributed by atoms with Gasteiger partial charge in [0.15, 0.2) is 0 Å². The second kappa shape index (κ2) is 45.5. The van der Waals surface area contributed by atoms with Crippen molar-refractivity contribution < 1.29 is 141 Å². The van der Waals surface area contributed by atoms with Gasteiger partial charge in [0.25, 0.3) is 0 Å². The van der Waals surface area contributed by atoms with Crippen molar-refractivity contribution >= 4 is 136 Å². The molecule has 0 saturated carbocycles. The van der Waals surface area contributed by atoms with Crippen molar-refractivity contribution in [2.45, 2.75) is 215 Å². The second-order valence-electron chi connectivity index (χ2n) is 28.6. The van der Waals surface area contributed by atoms with Crippen molar-refractivity contribution in [1.29, 1.82) is 0 Å². The molecule has 0 atom stereocenters. The number of hydrogen-bond acceptors (Lipinski definition) is 19. The third-order valence-electron chi connectivity index (χ3n) is 21.1. The van der Waals surface area contributed by atoms with E-state index in [2.05, 4.69) is 0 Å². The molecule has 31 heteroatoms. The van der Waals surface area contributed by atoms with Gasteiger partial charge in [-0.2, -0.15) is 8.78 Å². The Labute approximate surface area is 740 Å². The number of aryl methyl sites for hydroxylation is 8. The Hall–Kier alpha value is -10.8. The van der Waals surface area contributed by atoms with Crippen LogP contribution in [0.4, 0.5) is 22.0 Å². The molecular formula is C92H103F5N8O16Pt2. The van der Waals surface area contributed by atoms with Crippen LogP contribution in [0.5, 0.6) is 5.75 Å². The number of hydrogen-bond donors (Lipinski definition) is 1. The zero-order valence-corrected chi connectivity index (χ0v) is 74.4. The van der Waals surface area contributed by atoms with Gasteiger partial charge in [-0.05, 0) is 193 Å². The molecule has 6 aromatic heterocycles. The molecule has 0 aliphatic carbocycles. The monoisotopic (exact) mass is 2060 g/mol. The molecule has 662 valence electrons. The summed E-state index contributed by atoms with van der Waals surface area (Å²) in [6.45, 7) is 27.1. The molecule has 0 amide bonds. The number of rotatable bonds is 31. The van der Waals surface area contributed by atoms with Crippen LogP contribution < -0.4 is 24.7 Å². The first kappa shape index (κ1) is 101. The van der Waals surface area contributed by atoms with E-state index in [9.17, 15) is 65.4 Å². The van der Waals surface area contributed by atoms with Gasteiger partial charge in [0.05, 0.1) is 85.2 Å². The molecule has 11 rings (SSSR count). The van der Waals surface area contributed by atoms with Crippen LogP contribution in [0.1, 0.15) is 251 Å². The number of nitrogens with zero attached hydrogens (tertiary/aromatic N) is 8. The van der Waals surface area contributed by atoms with Gasteiger partial charge in [0.1, 0.15) is 0 Å². The van der Waals surface area contributed by atoms with Gasteiger partial charge in [0, 0.05) is 51.4 Å². The van der Waals surface area contributed by atoms with E-state index in [4.69, 9.17) is 73.0 Å². The number of carbonyl (C=O) groups excluding carboxylic acids is 7. The molecule has 1 aromatic carbocycles. The first-order chi connectivity index (χ1) is 56.8. The number of allylic oxidation sites excluding steroid dienone is 8. The number of ether oxygens (including phenoxy) is 7. The maximum absolute atomic E-state index is 14.5. The van der Waals surface area contributed by atoms with E-state index >= 15 is 0 Å². The number of fused-ring (bicyclic) bond motifs is 16. The Bertz CT molecular complexity index is 5710. The third-order valence-corrected chi connectivity index (χ3v) is 21.1. The number of esters is 7. The number of halogens is 5. The van der Waals surface area contributed by atoms with Gasteiger partial charge in [-0.15, -0.1) is 44.1 Å². The molecule has 0 radical (unpaired) electrons. The van der Waals surface area contributed by atoms with Gasteiger partial charge < -0.3 is 58.2 Å². The van der Waals surface area contributed by atoms with Crippen LogP contribution >= 0.6 is 0 Å². The SMILES string of the molecule is C.C.CCOC(=O)CCC1=C(C)c2cc3[n-]c(cc4nc(cc5[n-]c(cc1n2)c(C)c5CCC(=O)O)C(C)=C4CCC(=O)OCC)c(C)c3CCC(=O)OCC.CCOC(=O)CCC1=C(C)c2cc3[n-]c(cc4nc(cc5[n-]c(cc1n2)c(C)c5CCC(=O)OCC)C(C)=C4CCC(=O)OCC)c(C)c3CCC(=O)Oc1c(F)c(F)c(F)c(F)c1F.[Pt+2].[Pt+2]. The van der Waals surface area contributed by atoms with E-state index in [1.807, 2.05) is 78.8 Å². The van der Waals surface area contributed by atoms with Crippen LogP contribution in [0.3, 0.4) is 0 Å². The Morgan fingerprint density at radius 1 is 0.293 bits per heavy atom. The standard InChI is InChI=1S/C48H47F5N4O8.C42H49N4O8.2CH4.2Pt/c1-8-62-39(58)15-11-27-23(4)31-20-36-29(13-17-41(60)64-10-3)25(6)33(56-36)22-38-30(14-18-42(61)65-48-46(52)44(50)43(49)45(51)47(48)53)26(7)34(57-38)21-37-28(12-16-40(59)63-9-2)24(5)32(55-37)19-35(27)54-31;1-8-52-40(49)16-12-28-24(5)32-19-35-27(11-15-39(47)48)23(4)31(43-35)20-36-29(13-17-41(50)53-9-2)25(6)33(45-36)22-38-30(14-18-42(51)54-10-3)26(7)34(46-38)21-37(28)44-32;;;;/h19-22H,8-18H2,1-7H3;19-22H,8-18H2,1-7H3,(H2-,43,44,45,46,47,48);2*1H4;;/q-2;-1;;;2*+2/p-1. The van der Waals surface area contributed by atoms with E-state index in [1.54, 1.807) is 66.7 Å². The van der Waals surface area contributed by atoms with Gasteiger partial charge in [0.2, 0.25) is 34.8 Å². The van der Waals surface area contributed by atoms with E-state index in [1.165, 1.54) is 0 Å². The maximum atomic E-state index is 14.5. The minimum atomic E-state index is -2.39. The van der Waals surface area contributed by atoms with Gasteiger partial charge >= 0.3 is 89.9 Å². The van der Waals surface area contributed by atoms with Crippen molar-refractivity contribution in [1.82, 2.24) is 39.9 Å². The molecule has 0 saturated heterocycles. The molecule has 24 nitrogen and oxygen atoms in total. The molecule has 16 bridgehead atoms. The minimum absolute atomic E-state index is 0. The second-order valence-corrected chi connectivity index (χ2v) is 28.6. The average Bonchev–Trinajstić information content (AvgIpc) is 1.59. The van der Waals surface area contributed by atoms with Crippen molar-refractivity contribution in [3.05, 3.63) is 168 Å². The topological polar surface area (TPSA) is 329 Å². The van der Waals surface area contributed by atoms with Crippen LogP contribution in [0.25, 0.3) is 88.7 Å². The predicted octanol–water partition coefficient (Wildman–Crippen LogP) is 18.0. The molecule has 123 heavy (non-hydrogen) atoms. The van der Waals surface area contributed by atoms with Crippen LogP contribution in [0, 0.1) is 56.8 Å². The summed E-state index contributed by atoms with van der Waals surface area (Å²) >= 11 is 0. The number of aromatic nitrogens is 8. The van der Waals surface area contributed by atoms with Crippen LogP contribution in [0.15, 0.2) is 48.5 Å². The fourth-order valence-electron chi connectivity index (χ4n) is 14.7.